The largest absolute Gasteiger partial charge is 0.481 e. The van der Waals surface area contributed by atoms with E-state index in [0.29, 0.717) is 13.1 Å². The first-order valence-electron chi connectivity index (χ1n) is 8.47. The van der Waals surface area contributed by atoms with Crippen LogP contribution in [0.5, 0.6) is 0 Å². The molecule has 0 radical (unpaired) electrons. The van der Waals surface area contributed by atoms with Crippen molar-refractivity contribution in [2.75, 3.05) is 19.6 Å². The van der Waals surface area contributed by atoms with Gasteiger partial charge < -0.3 is 10.4 Å². The monoisotopic (exact) mass is 376 g/mol. The van der Waals surface area contributed by atoms with E-state index in [1.165, 1.54) is 23.5 Å². The Balaban J connectivity index is 1.68. The summed E-state index contributed by atoms with van der Waals surface area (Å²) in [7, 11) is 0. The molecular formula is C19H21FN2O3S. The number of carbonyl (C=O) groups is 2. The molecule has 138 valence electrons. The smallest absolute Gasteiger partial charge is 0.308 e. The lowest BCUT2D eigenvalue weighted by molar-refractivity contribution is -0.142. The van der Waals surface area contributed by atoms with Crippen LogP contribution in [-0.2, 0) is 9.59 Å². The topological polar surface area (TPSA) is 69.6 Å². The van der Waals surface area contributed by atoms with E-state index in [1.807, 2.05) is 29.3 Å². The lowest BCUT2D eigenvalue weighted by atomic mass is 9.99. The quantitative estimate of drug-likeness (QED) is 0.813. The van der Waals surface area contributed by atoms with Gasteiger partial charge in [0.05, 0.1) is 18.5 Å². The van der Waals surface area contributed by atoms with E-state index in [1.54, 1.807) is 12.1 Å². The summed E-state index contributed by atoms with van der Waals surface area (Å²) < 4.78 is 13.2. The zero-order chi connectivity index (χ0) is 18.7. The van der Waals surface area contributed by atoms with Gasteiger partial charge in [-0.1, -0.05) is 25.1 Å². The number of rotatable bonds is 6. The van der Waals surface area contributed by atoms with Gasteiger partial charge in [-0.3, -0.25) is 14.5 Å². The van der Waals surface area contributed by atoms with Crippen LogP contribution in [-0.4, -0.2) is 41.5 Å². The number of hydrogen-bond acceptors (Lipinski definition) is 4. The highest BCUT2D eigenvalue weighted by molar-refractivity contribution is 7.10. The van der Waals surface area contributed by atoms with Gasteiger partial charge in [0.25, 0.3) is 0 Å². The van der Waals surface area contributed by atoms with Gasteiger partial charge in [-0.25, -0.2) is 4.39 Å². The fourth-order valence-electron chi connectivity index (χ4n) is 3.36. The first-order chi connectivity index (χ1) is 12.4. The minimum Gasteiger partial charge on any atom is -0.481 e. The molecule has 5 nitrogen and oxygen atoms in total. The highest BCUT2D eigenvalue weighted by atomic mass is 32.1. The molecule has 7 heteroatoms. The molecule has 3 atom stereocenters. The molecule has 2 N–H and O–H groups in total. The average molecular weight is 376 g/mol. The van der Waals surface area contributed by atoms with Crippen molar-refractivity contribution in [3.63, 3.8) is 0 Å². The van der Waals surface area contributed by atoms with Crippen molar-refractivity contribution < 1.29 is 19.1 Å². The first-order valence-corrected chi connectivity index (χ1v) is 9.35. The molecule has 1 amide bonds. The van der Waals surface area contributed by atoms with Crippen molar-refractivity contribution in [3.05, 3.63) is 58.0 Å². The van der Waals surface area contributed by atoms with Gasteiger partial charge in [0.1, 0.15) is 5.82 Å². The summed E-state index contributed by atoms with van der Waals surface area (Å²) in [5, 5.41) is 14.1. The van der Waals surface area contributed by atoms with Crippen molar-refractivity contribution in [2.45, 2.75) is 13.0 Å². The fourth-order valence-corrected chi connectivity index (χ4v) is 4.16. The summed E-state index contributed by atoms with van der Waals surface area (Å²) in [6.45, 7) is 3.01. The van der Waals surface area contributed by atoms with Gasteiger partial charge in [-0.15, -0.1) is 11.3 Å². The molecule has 1 aliphatic rings. The molecule has 1 fully saturated rings. The van der Waals surface area contributed by atoms with Crippen LogP contribution in [0.3, 0.4) is 0 Å². The number of nitrogens with zero attached hydrogens (tertiary/aromatic N) is 1. The molecule has 0 aliphatic carbocycles. The predicted octanol–water partition coefficient (Wildman–Crippen LogP) is 2.75. The number of thiophene rings is 1. The number of carbonyl (C=O) groups excluding carboxylic acids is 1. The Bertz CT molecular complexity index is 764. The number of carboxylic acids is 1. The molecule has 0 spiro atoms. The number of nitrogens with one attached hydrogen (secondary N) is 1. The average Bonchev–Trinajstić information content (AvgIpc) is 3.23. The Morgan fingerprint density at radius 1 is 1.31 bits per heavy atom. The van der Waals surface area contributed by atoms with E-state index in [9.17, 15) is 19.1 Å². The normalized spacial score (nSPS) is 21.5. The van der Waals surface area contributed by atoms with E-state index in [4.69, 9.17) is 0 Å². The number of benzene rings is 1. The molecule has 1 unspecified atom stereocenters. The number of hydrogen-bond donors (Lipinski definition) is 2. The highest BCUT2D eigenvalue weighted by Gasteiger charge is 2.35. The summed E-state index contributed by atoms with van der Waals surface area (Å²) in [6, 6.07) is 9.57. The Kier molecular flexibility index (Phi) is 5.68. The van der Waals surface area contributed by atoms with E-state index < -0.39 is 11.9 Å². The Morgan fingerprint density at radius 3 is 2.62 bits per heavy atom. The molecule has 0 bridgehead atoms. The molecule has 1 aromatic heterocycles. The van der Waals surface area contributed by atoms with E-state index in [2.05, 4.69) is 5.32 Å². The fraction of sp³-hybridized carbons (Fsp3) is 0.368. The molecule has 2 heterocycles. The van der Waals surface area contributed by atoms with Crippen LogP contribution >= 0.6 is 11.3 Å². The Labute approximate surface area is 155 Å². The van der Waals surface area contributed by atoms with Crippen molar-refractivity contribution >= 4 is 23.2 Å². The number of halogens is 1. The van der Waals surface area contributed by atoms with Gasteiger partial charge in [-0.2, -0.15) is 0 Å². The van der Waals surface area contributed by atoms with E-state index in [-0.39, 0.29) is 30.2 Å². The lowest BCUT2D eigenvalue weighted by Gasteiger charge is -2.21. The second-order valence-electron chi connectivity index (χ2n) is 6.68. The van der Waals surface area contributed by atoms with Gasteiger partial charge >= 0.3 is 5.97 Å². The molecule has 2 aromatic rings. The molecule has 3 rings (SSSR count). The molecule has 1 aliphatic heterocycles. The van der Waals surface area contributed by atoms with Crippen LogP contribution in [0.1, 0.15) is 23.4 Å². The molecule has 1 aromatic carbocycles. The van der Waals surface area contributed by atoms with Crippen molar-refractivity contribution in [3.8, 4) is 0 Å². The third-order valence-electron chi connectivity index (χ3n) is 4.71. The van der Waals surface area contributed by atoms with E-state index >= 15 is 0 Å². The first kappa shape index (κ1) is 18.5. The van der Waals surface area contributed by atoms with Crippen molar-refractivity contribution in [1.82, 2.24) is 10.2 Å². The maximum Gasteiger partial charge on any atom is 0.308 e. The minimum absolute atomic E-state index is 0.0190. The molecule has 0 saturated carbocycles. The number of likely N-dealkylation sites (tertiary alicyclic amines) is 1. The van der Waals surface area contributed by atoms with Gasteiger partial charge in [0, 0.05) is 18.0 Å². The SMILES string of the molecule is C[C@@H]1CN(CC(=O)NC(c2ccc(F)cc2)c2cccs2)C[C@H]1C(=O)O. The van der Waals surface area contributed by atoms with Gasteiger partial charge in [-0.05, 0) is 35.1 Å². The van der Waals surface area contributed by atoms with Crippen LogP contribution in [0.25, 0.3) is 0 Å². The summed E-state index contributed by atoms with van der Waals surface area (Å²) in [6.07, 6.45) is 0. The van der Waals surface area contributed by atoms with E-state index in [0.717, 1.165) is 10.4 Å². The highest BCUT2D eigenvalue weighted by Crippen LogP contribution is 2.27. The zero-order valence-electron chi connectivity index (χ0n) is 14.4. The Morgan fingerprint density at radius 2 is 2.04 bits per heavy atom. The standard InChI is InChI=1S/C19H21FN2O3S/c1-12-9-22(10-15(12)19(24)25)11-17(23)21-18(16-3-2-8-26-16)13-4-6-14(20)7-5-13/h2-8,12,15,18H,9-11H2,1H3,(H,21,23)(H,24,25)/t12-,15-,18?/m1/s1. The van der Waals surface area contributed by atoms with Crippen LogP contribution in [0.15, 0.2) is 41.8 Å². The molecule has 26 heavy (non-hydrogen) atoms. The van der Waals surface area contributed by atoms with Crippen LogP contribution in [0, 0.1) is 17.7 Å². The maximum absolute atomic E-state index is 13.2. The van der Waals surface area contributed by atoms with Crippen molar-refractivity contribution in [1.29, 1.82) is 0 Å². The number of carboxylic acid groups (broad SMARTS) is 1. The number of amides is 1. The second-order valence-corrected chi connectivity index (χ2v) is 7.66. The van der Waals surface area contributed by atoms with Crippen molar-refractivity contribution in [2.24, 2.45) is 11.8 Å². The number of aliphatic carboxylic acids is 1. The third kappa shape index (κ3) is 4.28. The van der Waals surface area contributed by atoms with Gasteiger partial charge in [0.15, 0.2) is 0 Å². The zero-order valence-corrected chi connectivity index (χ0v) is 15.2. The molecular weight excluding hydrogens is 355 g/mol. The maximum atomic E-state index is 13.2. The minimum atomic E-state index is -0.816. The third-order valence-corrected chi connectivity index (χ3v) is 5.65. The molecule has 1 saturated heterocycles. The van der Waals surface area contributed by atoms with Crippen LogP contribution < -0.4 is 5.32 Å². The summed E-state index contributed by atoms with van der Waals surface area (Å²) >= 11 is 1.52. The second kappa shape index (κ2) is 7.97. The lowest BCUT2D eigenvalue weighted by Crippen LogP contribution is -2.38. The summed E-state index contributed by atoms with van der Waals surface area (Å²) in [5.41, 5.74) is 0.806. The van der Waals surface area contributed by atoms with Crippen LogP contribution in [0.2, 0.25) is 0 Å². The van der Waals surface area contributed by atoms with Crippen LogP contribution in [0.4, 0.5) is 4.39 Å². The summed E-state index contributed by atoms with van der Waals surface area (Å²) in [5.74, 6) is -1.73. The summed E-state index contributed by atoms with van der Waals surface area (Å²) in [4.78, 5) is 26.6. The Hall–Kier alpha value is -2.25. The predicted molar refractivity (Wildman–Crippen MR) is 97.4 cm³/mol. The van der Waals surface area contributed by atoms with Gasteiger partial charge in [0.2, 0.25) is 5.91 Å².